The summed E-state index contributed by atoms with van der Waals surface area (Å²) >= 11 is 0. The number of amides is 1. The summed E-state index contributed by atoms with van der Waals surface area (Å²) in [5, 5.41) is 0. The van der Waals surface area contributed by atoms with Gasteiger partial charge in [0, 0.05) is 19.6 Å². The second-order valence-corrected chi connectivity index (χ2v) is 6.23. The van der Waals surface area contributed by atoms with Crippen LogP contribution in [0, 0.1) is 11.2 Å². The quantitative estimate of drug-likeness (QED) is 0.827. The van der Waals surface area contributed by atoms with E-state index in [1.54, 1.807) is 6.07 Å². The van der Waals surface area contributed by atoms with Gasteiger partial charge in [0.15, 0.2) is 0 Å². The summed E-state index contributed by atoms with van der Waals surface area (Å²) in [6.45, 7) is 3.27. The fourth-order valence-corrected chi connectivity index (χ4v) is 3.64. The maximum atomic E-state index is 13.2. The SMILES string of the molecule is CN1CCC[C@@]2(CCN(Cc3cccc(F)c3)C2=O)C1. The molecule has 1 atom stereocenters. The van der Waals surface area contributed by atoms with Gasteiger partial charge in [0.1, 0.15) is 5.82 Å². The molecule has 0 N–H and O–H groups in total. The van der Waals surface area contributed by atoms with Crippen molar-refractivity contribution >= 4 is 5.91 Å². The molecule has 0 saturated carbocycles. The number of carbonyl (C=O) groups excluding carboxylic acids is 1. The molecule has 0 radical (unpaired) electrons. The molecule has 3 nitrogen and oxygen atoms in total. The third kappa shape index (κ3) is 2.44. The van der Waals surface area contributed by atoms with Crippen molar-refractivity contribution in [3.8, 4) is 0 Å². The lowest BCUT2D eigenvalue weighted by molar-refractivity contribution is -0.139. The Morgan fingerprint density at radius 1 is 1.30 bits per heavy atom. The molecule has 0 aliphatic carbocycles. The van der Waals surface area contributed by atoms with E-state index in [4.69, 9.17) is 0 Å². The number of carbonyl (C=O) groups is 1. The first kappa shape index (κ1) is 13.6. The predicted molar refractivity (Wildman–Crippen MR) is 75.6 cm³/mol. The van der Waals surface area contributed by atoms with Gasteiger partial charge < -0.3 is 9.80 Å². The zero-order valence-electron chi connectivity index (χ0n) is 11.9. The summed E-state index contributed by atoms with van der Waals surface area (Å²) in [7, 11) is 2.09. The zero-order valence-corrected chi connectivity index (χ0v) is 11.9. The smallest absolute Gasteiger partial charge is 0.230 e. The molecule has 0 aromatic heterocycles. The van der Waals surface area contributed by atoms with E-state index in [0.29, 0.717) is 6.54 Å². The number of rotatable bonds is 2. The van der Waals surface area contributed by atoms with Crippen LogP contribution in [0.25, 0.3) is 0 Å². The van der Waals surface area contributed by atoms with Crippen LogP contribution < -0.4 is 0 Å². The average molecular weight is 276 g/mol. The van der Waals surface area contributed by atoms with Gasteiger partial charge in [0.2, 0.25) is 5.91 Å². The minimum Gasteiger partial charge on any atom is -0.338 e. The van der Waals surface area contributed by atoms with Gasteiger partial charge in [-0.1, -0.05) is 12.1 Å². The third-order valence-corrected chi connectivity index (χ3v) is 4.63. The van der Waals surface area contributed by atoms with Crippen molar-refractivity contribution in [1.82, 2.24) is 9.80 Å². The van der Waals surface area contributed by atoms with Gasteiger partial charge in [0.05, 0.1) is 5.41 Å². The molecule has 2 fully saturated rings. The molecule has 4 heteroatoms. The summed E-state index contributed by atoms with van der Waals surface area (Å²) in [5.41, 5.74) is 0.694. The molecule has 1 spiro atoms. The van der Waals surface area contributed by atoms with Gasteiger partial charge in [0.25, 0.3) is 0 Å². The molecule has 0 unspecified atom stereocenters. The fraction of sp³-hybridized carbons (Fsp3) is 0.562. The van der Waals surface area contributed by atoms with Crippen molar-refractivity contribution in [3.05, 3.63) is 35.6 Å². The van der Waals surface area contributed by atoms with Crippen LogP contribution in [0.15, 0.2) is 24.3 Å². The summed E-state index contributed by atoms with van der Waals surface area (Å²) in [6, 6.07) is 6.54. The Balaban J connectivity index is 1.72. The maximum Gasteiger partial charge on any atom is 0.230 e. The molecule has 2 aliphatic rings. The van der Waals surface area contributed by atoms with E-state index in [0.717, 1.165) is 44.5 Å². The summed E-state index contributed by atoms with van der Waals surface area (Å²) < 4.78 is 13.2. The van der Waals surface area contributed by atoms with Crippen molar-refractivity contribution in [2.75, 3.05) is 26.7 Å². The molecule has 2 saturated heterocycles. The number of nitrogens with zero attached hydrogens (tertiary/aromatic N) is 2. The number of hydrogen-bond acceptors (Lipinski definition) is 2. The van der Waals surface area contributed by atoms with Crippen LogP contribution in [-0.4, -0.2) is 42.4 Å². The van der Waals surface area contributed by atoms with E-state index in [1.165, 1.54) is 12.1 Å². The summed E-state index contributed by atoms with van der Waals surface area (Å²) in [6.07, 6.45) is 3.03. The Hall–Kier alpha value is -1.42. The lowest BCUT2D eigenvalue weighted by Crippen LogP contribution is -2.46. The number of benzene rings is 1. The van der Waals surface area contributed by atoms with Crippen molar-refractivity contribution in [2.24, 2.45) is 5.41 Å². The van der Waals surface area contributed by atoms with Crippen LogP contribution in [0.3, 0.4) is 0 Å². The van der Waals surface area contributed by atoms with E-state index in [1.807, 2.05) is 11.0 Å². The van der Waals surface area contributed by atoms with Crippen molar-refractivity contribution in [1.29, 1.82) is 0 Å². The molecule has 0 bridgehead atoms. The van der Waals surface area contributed by atoms with E-state index in [2.05, 4.69) is 11.9 Å². The highest BCUT2D eigenvalue weighted by atomic mass is 19.1. The molecule has 20 heavy (non-hydrogen) atoms. The highest BCUT2D eigenvalue weighted by Gasteiger charge is 2.47. The van der Waals surface area contributed by atoms with E-state index < -0.39 is 0 Å². The number of likely N-dealkylation sites (tertiary alicyclic amines) is 2. The predicted octanol–water partition coefficient (Wildman–Crippen LogP) is 2.27. The lowest BCUT2D eigenvalue weighted by Gasteiger charge is -2.37. The first-order chi connectivity index (χ1) is 9.59. The molecule has 2 heterocycles. The normalized spacial score (nSPS) is 27.5. The van der Waals surface area contributed by atoms with Crippen LogP contribution in [0.4, 0.5) is 4.39 Å². The first-order valence-electron chi connectivity index (χ1n) is 7.31. The van der Waals surface area contributed by atoms with Gasteiger partial charge in [-0.2, -0.15) is 0 Å². The van der Waals surface area contributed by atoms with Crippen molar-refractivity contribution < 1.29 is 9.18 Å². The zero-order chi connectivity index (χ0) is 14.2. The van der Waals surface area contributed by atoms with Crippen LogP contribution in [0.5, 0.6) is 0 Å². The van der Waals surface area contributed by atoms with E-state index in [9.17, 15) is 9.18 Å². The minimum absolute atomic E-state index is 0.180. The molecule has 108 valence electrons. The van der Waals surface area contributed by atoms with Crippen LogP contribution in [0.1, 0.15) is 24.8 Å². The molecule has 1 amide bonds. The lowest BCUT2D eigenvalue weighted by atomic mass is 9.78. The maximum absolute atomic E-state index is 13.2. The standard InChI is InChI=1S/C16H21FN2O/c1-18-8-3-6-16(12-18)7-9-19(15(16)20)11-13-4-2-5-14(17)10-13/h2,4-5,10H,3,6-9,11-12H2,1H3/t16-/m1/s1. The molecule has 1 aromatic carbocycles. The Morgan fingerprint density at radius 2 is 2.15 bits per heavy atom. The van der Waals surface area contributed by atoms with E-state index >= 15 is 0 Å². The van der Waals surface area contributed by atoms with Crippen molar-refractivity contribution in [2.45, 2.75) is 25.8 Å². The van der Waals surface area contributed by atoms with E-state index in [-0.39, 0.29) is 17.1 Å². The van der Waals surface area contributed by atoms with Gasteiger partial charge >= 0.3 is 0 Å². The monoisotopic (exact) mass is 276 g/mol. The molecule has 3 rings (SSSR count). The largest absolute Gasteiger partial charge is 0.338 e. The number of halogens is 1. The van der Waals surface area contributed by atoms with Crippen molar-refractivity contribution in [3.63, 3.8) is 0 Å². The van der Waals surface area contributed by atoms with Gasteiger partial charge in [-0.15, -0.1) is 0 Å². The third-order valence-electron chi connectivity index (χ3n) is 4.63. The minimum atomic E-state index is -0.235. The molecular formula is C16H21FN2O. The number of piperidine rings is 1. The first-order valence-corrected chi connectivity index (χ1v) is 7.31. The highest BCUT2D eigenvalue weighted by molar-refractivity contribution is 5.85. The Bertz CT molecular complexity index is 519. The van der Waals surface area contributed by atoms with Gasteiger partial charge in [-0.05, 0) is 50.6 Å². The van der Waals surface area contributed by atoms with Gasteiger partial charge in [-0.3, -0.25) is 4.79 Å². The second kappa shape index (κ2) is 5.17. The van der Waals surface area contributed by atoms with Crippen LogP contribution in [0.2, 0.25) is 0 Å². The summed E-state index contributed by atoms with van der Waals surface area (Å²) in [5.74, 6) is 0.0228. The number of hydrogen-bond donors (Lipinski definition) is 0. The Morgan fingerprint density at radius 3 is 2.90 bits per heavy atom. The average Bonchev–Trinajstić information content (AvgIpc) is 2.68. The van der Waals surface area contributed by atoms with Crippen LogP contribution >= 0.6 is 0 Å². The van der Waals surface area contributed by atoms with Gasteiger partial charge in [-0.25, -0.2) is 4.39 Å². The Labute approximate surface area is 119 Å². The Kier molecular flexibility index (Phi) is 3.50. The highest BCUT2D eigenvalue weighted by Crippen LogP contribution is 2.40. The topological polar surface area (TPSA) is 23.6 Å². The van der Waals surface area contributed by atoms with Crippen LogP contribution in [-0.2, 0) is 11.3 Å². The summed E-state index contributed by atoms with van der Waals surface area (Å²) in [4.78, 5) is 16.9. The molecule has 2 aliphatic heterocycles. The second-order valence-electron chi connectivity index (χ2n) is 6.23. The molecular weight excluding hydrogens is 255 g/mol. The molecule has 1 aromatic rings. The fourth-order valence-electron chi connectivity index (χ4n) is 3.64.